The van der Waals surface area contributed by atoms with Crippen LogP contribution in [0.15, 0.2) is 0 Å². The van der Waals surface area contributed by atoms with Crippen LogP contribution in [-0.4, -0.2) is 159 Å². The number of methoxy groups -OCH3 is 1. The van der Waals surface area contributed by atoms with Crippen LogP contribution in [0.1, 0.15) is 20.8 Å². The van der Waals surface area contributed by atoms with Gasteiger partial charge in [0.25, 0.3) is 0 Å². The zero-order chi connectivity index (χ0) is 33.9. The van der Waals surface area contributed by atoms with Gasteiger partial charge >= 0.3 is 0 Å². The molecule has 0 bridgehead atoms. The van der Waals surface area contributed by atoms with Gasteiger partial charge in [0.15, 0.2) is 27.2 Å². The predicted octanol–water partition coefficient (Wildman–Crippen LogP) is -3.25. The van der Waals surface area contributed by atoms with Gasteiger partial charge in [-0.05, 0) is 18.1 Å². The minimum atomic E-state index is -2.16. The Labute approximate surface area is 266 Å². The molecule has 17 heteroatoms. The highest BCUT2D eigenvalue weighted by Gasteiger charge is 2.49. The molecule has 16 nitrogen and oxygen atoms in total. The highest BCUT2D eigenvalue weighted by atomic mass is 28.4. The van der Waals surface area contributed by atoms with Crippen LogP contribution in [0.2, 0.25) is 18.1 Å². The smallest absolute Gasteiger partial charge is 0.192 e. The van der Waals surface area contributed by atoms with Gasteiger partial charge in [-0.1, -0.05) is 20.8 Å². The molecular formula is C28H57N3O13Si. The Bertz CT molecular complexity index is 902. The molecule has 0 unspecified atom stereocenters. The van der Waals surface area contributed by atoms with Gasteiger partial charge in [-0.15, -0.1) is 0 Å². The number of rotatable bonds is 13. The standard InChI is InChI=1S/C28H57N3O13Si/c1-28(2,3)45(5,6)41-12-18-21(31)24(37)15(9-34)27(44-18)40-11-17-20(30)23(36)14(8-33)26(43-17)39-10-16-19(29)22(35)13(7-32)25(38-4)42-16/h13-27,32-37H,7-12,29-31H2,1-6H3/t13-,14-,15-,16+,17+,18+,19-,20-,21-,22-,23-,24-,25-,26-,27-/m0/s1. The second-order valence-corrected chi connectivity index (χ2v) is 18.7. The maximum Gasteiger partial charge on any atom is 0.192 e. The van der Waals surface area contributed by atoms with Crippen LogP contribution in [0.4, 0.5) is 0 Å². The van der Waals surface area contributed by atoms with E-state index in [1.165, 1.54) is 7.11 Å². The largest absolute Gasteiger partial charge is 0.414 e. The quantitative estimate of drug-likeness (QED) is 0.0871. The second kappa shape index (κ2) is 16.3. The lowest BCUT2D eigenvalue weighted by Gasteiger charge is -2.46. The van der Waals surface area contributed by atoms with Crippen LogP contribution >= 0.6 is 0 Å². The molecule has 0 spiro atoms. The van der Waals surface area contributed by atoms with Gasteiger partial charge in [0, 0.05) is 7.11 Å². The van der Waals surface area contributed by atoms with Crippen molar-refractivity contribution in [3.8, 4) is 0 Å². The maximum absolute atomic E-state index is 10.9. The monoisotopic (exact) mass is 671 g/mol. The van der Waals surface area contributed by atoms with Gasteiger partial charge in [-0.2, -0.15) is 0 Å². The lowest BCUT2D eigenvalue weighted by Crippen LogP contribution is -2.64. The molecule has 12 N–H and O–H groups in total. The molecule has 0 aromatic rings. The van der Waals surface area contributed by atoms with Crippen molar-refractivity contribution in [2.45, 2.75) is 113 Å². The summed E-state index contributed by atoms with van der Waals surface area (Å²) >= 11 is 0. The molecule has 3 heterocycles. The Balaban J connectivity index is 1.67. The van der Waals surface area contributed by atoms with E-state index in [9.17, 15) is 30.6 Å². The third kappa shape index (κ3) is 8.79. The van der Waals surface area contributed by atoms with Crippen LogP contribution in [0.5, 0.6) is 0 Å². The van der Waals surface area contributed by atoms with Crippen molar-refractivity contribution >= 4 is 8.32 Å². The Morgan fingerprint density at radius 2 is 0.956 bits per heavy atom. The van der Waals surface area contributed by atoms with Gasteiger partial charge in [0.1, 0.15) is 18.3 Å². The minimum Gasteiger partial charge on any atom is -0.414 e. The molecule has 0 aromatic carbocycles. The summed E-state index contributed by atoms with van der Waals surface area (Å²) in [5.41, 5.74) is 18.7. The summed E-state index contributed by atoms with van der Waals surface area (Å²) in [6.07, 6.45) is -9.30. The molecule has 15 atom stereocenters. The van der Waals surface area contributed by atoms with E-state index in [2.05, 4.69) is 33.9 Å². The molecule has 0 aromatic heterocycles. The molecule has 0 radical (unpaired) electrons. The summed E-state index contributed by atoms with van der Waals surface area (Å²) in [7, 11) is -0.791. The van der Waals surface area contributed by atoms with Crippen molar-refractivity contribution in [3.05, 3.63) is 0 Å². The molecule has 3 aliphatic rings. The average molecular weight is 672 g/mol. The number of aliphatic hydroxyl groups is 6. The van der Waals surface area contributed by atoms with E-state index in [-0.39, 0.29) is 24.9 Å². The molecule has 3 aliphatic heterocycles. The number of aliphatic hydroxyl groups excluding tert-OH is 6. The number of ether oxygens (including phenoxy) is 6. The van der Waals surface area contributed by atoms with E-state index < -0.39 is 120 Å². The van der Waals surface area contributed by atoms with E-state index >= 15 is 0 Å². The zero-order valence-electron chi connectivity index (χ0n) is 27.2. The molecule has 0 amide bonds. The van der Waals surface area contributed by atoms with E-state index in [0.717, 1.165) is 0 Å². The Morgan fingerprint density at radius 3 is 1.29 bits per heavy atom. The lowest BCUT2D eigenvalue weighted by atomic mass is 9.89. The molecular weight excluding hydrogens is 614 g/mol. The summed E-state index contributed by atoms with van der Waals surface area (Å²) in [6, 6.07) is -2.76. The Kier molecular flexibility index (Phi) is 14.1. The molecule has 3 fully saturated rings. The van der Waals surface area contributed by atoms with Crippen molar-refractivity contribution in [3.63, 3.8) is 0 Å². The summed E-state index contributed by atoms with van der Waals surface area (Å²) in [4.78, 5) is 0. The highest BCUT2D eigenvalue weighted by Crippen LogP contribution is 2.37. The van der Waals surface area contributed by atoms with Gasteiger partial charge < -0.3 is 80.7 Å². The van der Waals surface area contributed by atoms with Crippen LogP contribution in [0.3, 0.4) is 0 Å². The Hall–Kier alpha value is -0.423. The topological polar surface area (TPSA) is 264 Å². The van der Waals surface area contributed by atoms with E-state index in [1.807, 2.05) is 0 Å². The highest BCUT2D eigenvalue weighted by molar-refractivity contribution is 6.74. The minimum absolute atomic E-state index is 0.0600. The molecule has 3 rings (SSSR count). The third-order valence-electron chi connectivity index (χ3n) is 9.89. The summed E-state index contributed by atoms with van der Waals surface area (Å²) in [6.45, 7) is 8.80. The van der Waals surface area contributed by atoms with E-state index in [0.29, 0.717) is 0 Å². The van der Waals surface area contributed by atoms with Crippen molar-refractivity contribution in [2.75, 3.05) is 46.8 Å². The fourth-order valence-corrected chi connectivity index (χ4v) is 6.58. The summed E-state index contributed by atoms with van der Waals surface area (Å²) < 4.78 is 41.4. The predicted molar refractivity (Wildman–Crippen MR) is 162 cm³/mol. The Morgan fingerprint density at radius 1 is 0.622 bits per heavy atom. The molecule has 3 saturated heterocycles. The lowest BCUT2D eigenvalue weighted by molar-refractivity contribution is -0.309. The van der Waals surface area contributed by atoms with Gasteiger partial charge in [-0.3, -0.25) is 0 Å². The first kappa shape index (κ1) is 39.0. The van der Waals surface area contributed by atoms with Crippen molar-refractivity contribution < 1.29 is 63.5 Å². The van der Waals surface area contributed by atoms with Crippen LogP contribution < -0.4 is 17.2 Å². The third-order valence-corrected chi connectivity index (χ3v) is 14.4. The van der Waals surface area contributed by atoms with E-state index in [4.69, 9.17) is 50.0 Å². The number of nitrogens with two attached hydrogens (primary N) is 3. The summed E-state index contributed by atoms with van der Waals surface area (Å²) in [5, 5.41) is 62.0. The maximum atomic E-state index is 10.9. The van der Waals surface area contributed by atoms with Gasteiger partial charge in [-0.25, -0.2) is 0 Å². The molecule has 0 saturated carbocycles. The summed E-state index contributed by atoms with van der Waals surface area (Å²) in [5.74, 6) is -2.56. The van der Waals surface area contributed by atoms with Crippen molar-refractivity contribution in [1.82, 2.24) is 0 Å². The van der Waals surface area contributed by atoms with Crippen molar-refractivity contribution in [2.24, 2.45) is 35.0 Å². The first-order chi connectivity index (χ1) is 21.0. The number of hydrogen-bond acceptors (Lipinski definition) is 16. The molecule has 45 heavy (non-hydrogen) atoms. The fourth-order valence-electron chi connectivity index (χ4n) is 5.57. The second-order valence-electron chi connectivity index (χ2n) is 13.8. The van der Waals surface area contributed by atoms with Gasteiger partial charge in [0.05, 0.1) is 93.8 Å². The fraction of sp³-hybridized carbons (Fsp3) is 1.00. The SMILES string of the molecule is CO[C@H]1O[C@H](CO[C@H]2O[C@H](CO[C@H]3O[C@H](CO[Si](C)(C)C(C)(C)C)[C@H](N)[C@@H](O)[C@@H]3CO)[C@H](N)[C@@H](O)[C@@H]2CO)[C@H](N)[C@@H](O)[C@@H]1CO. The van der Waals surface area contributed by atoms with Crippen LogP contribution in [0.25, 0.3) is 0 Å². The first-order valence-electron chi connectivity index (χ1n) is 15.5. The number of hydrogen-bond donors (Lipinski definition) is 9. The zero-order valence-corrected chi connectivity index (χ0v) is 28.2. The average Bonchev–Trinajstić information content (AvgIpc) is 2.99. The van der Waals surface area contributed by atoms with Crippen LogP contribution in [-0.2, 0) is 32.8 Å². The van der Waals surface area contributed by atoms with E-state index in [1.54, 1.807) is 0 Å². The molecule has 266 valence electrons. The molecule has 0 aliphatic carbocycles. The first-order valence-corrected chi connectivity index (χ1v) is 18.4. The normalized spacial score (nSPS) is 43.4. The van der Waals surface area contributed by atoms with Crippen LogP contribution in [0, 0.1) is 17.8 Å². The van der Waals surface area contributed by atoms with Crippen molar-refractivity contribution in [1.29, 1.82) is 0 Å². The van der Waals surface area contributed by atoms with Gasteiger partial charge in [0.2, 0.25) is 0 Å².